The maximum absolute atomic E-state index is 10.8. The quantitative estimate of drug-likeness (QED) is 0.564. The van der Waals surface area contributed by atoms with Gasteiger partial charge in [-0.25, -0.2) is 0 Å². The minimum atomic E-state index is -0.409. The van der Waals surface area contributed by atoms with Crippen molar-refractivity contribution in [2.75, 3.05) is 7.11 Å². The normalized spacial score (nSPS) is 10.4. The van der Waals surface area contributed by atoms with Crippen LogP contribution in [0.2, 0.25) is 0 Å². The summed E-state index contributed by atoms with van der Waals surface area (Å²) in [4.78, 5) is 10.4. The van der Waals surface area contributed by atoms with E-state index in [4.69, 9.17) is 4.74 Å². The zero-order chi connectivity index (χ0) is 10.1. The number of ether oxygens (including phenoxy) is 1. The van der Waals surface area contributed by atoms with Gasteiger partial charge in [-0.2, -0.15) is 0 Å². The van der Waals surface area contributed by atoms with Gasteiger partial charge in [0.1, 0.15) is 0 Å². The Morgan fingerprint density at radius 3 is 2.86 bits per heavy atom. The van der Waals surface area contributed by atoms with E-state index in [-0.39, 0.29) is 5.69 Å². The van der Waals surface area contributed by atoms with Gasteiger partial charge in [-0.15, -0.1) is 11.3 Å². The predicted octanol–water partition coefficient (Wildman–Crippen LogP) is 2.82. The van der Waals surface area contributed by atoms with Crippen molar-refractivity contribution in [1.82, 2.24) is 0 Å². The average Bonchev–Trinajstić information content (AvgIpc) is 2.62. The number of nitro groups is 1. The third kappa shape index (κ3) is 1.22. The van der Waals surface area contributed by atoms with Crippen LogP contribution in [0.5, 0.6) is 5.75 Å². The van der Waals surface area contributed by atoms with E-state index < -0.39 is 4.92 Å². The highest BCUT2D eigenvalue weighted by Crippen LogP contribution is 2.37. The van der Waals surface area contributed by atoms with E-state index in [2.05, 4.69) is 0 Å². The lowest BCUT2D eigenvalue weighted by molar-refractivity contribution is -0.383. The van der Waals surface area contributed by atoms with Crippen LogP contribution in [-0.4, -0.2) is 12.0 Å². The zero-order valence-electron chi connectivity index (χ0n) is 7.39. The summed E-state index contributed by atoms with van der Waals surface area (Å²) in [6, 6.07) is 5.18. The monoisotopic (exact) mass is 209 g/mol. The first-order valence-corrected chi connectivity index (χ1v) is 4.80. The first-order valence-electron chi connectivity index (χ1n) is 3.92. The predicted molar refractivity (Wildman–Crippen MR) is 55.0 cm³/mol. The molecule has 0 bridgehead atoms. The van der Waals surface area contributed by atoms with Gasteiger partial charge in [-0.3, -0.25) is 10.1 Å². The number of thiophene rings is 1. The zero-order valence-corrected chi connectivity index (χ0v) is 8.21. The number of rotatable bonds is 2. The molecule has 0 spiro atoms. The van der Waals surface area contributed by atoms with E-state index in [9.17, 15) is 10.1 Å². The van der Waals surface area contributed by atoms with E-state index in [0.717, 1.165) is 4.70 Å². The van der Waals surface area contributed by atoms with Crippen LogP contribution in [0, 0.1) is 10.1 Å². The number of fused-ring (bicyclic) bond motifs is 1. The molecule has 1 aromatic heterocycles. The van der Waals surface area contributed by atoms with Crippen molar-refractivity contribution in [3.05, 3.63) is 33.7 Å². The van der Waals surface area contributed by atoms with Gasteiger partial charge in [0.05, 0.1) is 17.4 Å². The van der Waals surface area contributed by atoms with E-state index in [1.54, 1.807) is 12.1 Å². The van der Waals surface area contributed by atoms with E-state index in [1.165, 1.54) is 18.4 Å². The van der Waals surface area contributed by atoms with Crippen molar-refractivity contribution in [3.8, 4) is 5.75 Å². The van der Waals surface area contributed by atoms with Gasteiger partial charge in [0.15, 0.2) is 5.75 Å². The maximum atomic E-state index is 10.8. The molecule has 0 radical (unpaired) electrons. The van der Waals surface area contributed by atoms with Gasteiger partial charge in [0, 0.05) is 4.70 Å². The van der Waals surface area contributed by atoms with Crippen LogP contribution in [0.25, 0.3) is 10.1 Å². The van der Waals surface area contributed by atoms with Crippen LogP contribution in [0.3, 0.4) is 0 Å². The lowest BCUT2D eigenvalue weighted by Crippen LogP contribution is -1.93. The van der Waals surface area contributed by atoms with Crippen molar-refractivity contribution in [2.45, 2.75) is 0 Å². The summed E-state index contributed by atoms with van der Waals surface area (Å²) in [5.74, 6) is 0.306. The topological polar surface area (TPSA) is 52.4 Å². The second-order valence-corrected chi connectivity index (χ2v) is 3.65. The fourth-order valence-corrected chi connectivity index (χ4v) is 2.15. The fourth-order valence-electron chi connectivity index (χ4n) is 1.36. The van der Waals surface area contributed by atoms with Crippen LogP contribution in [0.1, 0.15) is 0 Å². The minimum Gasteiger partial charge on any atom is -0.490 e. The highest BCUT2D eigenvalue weighted by atomic mass is 32.1. The maximum Gasteiger partial charge on any atom is 0.319 e. The Hall–Kier alpha value is -1.62. The average molecular weight is 209 g/mol. The summed E-state index contributed by atoms with van der Waals surface area (Å²) < 4.78 is 5.85. The van der Waals surface area contributed by atoms with Crippen LogP contribution >= 0.6 is 11.3 Å². The number of benzene rings is 1. The molecule has 0 saturated carbocycles. The molecule has 1 heterocycles. The van der Waals surface area contributed by atoms with Crippen molar-refractivity contribution in [1.29, 1.82) is 0 Å². The summed E-state index contributed by atoms with van der Waals surface area (Å²) in [5.41, 5.74) is 0.0475. The molecule has 0 aliphatic rings. The third-order valence-corrected chi connectivity index (χ3v) is 2.85. The first-order chi connectivity index (χ1) is 6.74. The number of nitro benzene ring substituents is 1. The minimum absolute atomic E-state index is 0.0475. The molecule has 0 fully saturated rings. The molecule has 0 aliphatic heterocycles. The summed E-state index contributed by atoms with van der Waals surface area (Å²) in [5, 5.41) is 13.3. The molecule has 0 atom stereocenters. The number of methoxy groups -OCH3 is 1. The van der Waals surface area contributed by atoms with Crippen LogP contribution in [0.4, 0.5) is 5.69 Å². The molecule has 0 N–H and O–H groups in total. The van der Waals surface area contributed by atoms with Crippen LogP contribution < -0.4 is 4.74 Å². The molecule has 72 valence electrons. The van der Waals surface area contributed by atoms with Gasteiger partial charge in [0.2, 0.25) is 0 Å². The van der Waals surface area contributed by atoms with Crippen LogP contribution in [0.15, 0.2) is 23.6 Å². The molecule has 0 amide bonds. The number of hydrogen-bond acceptors (Lipinski definition) is 4. The molecule has 0 aliphatic carbocycles. The molecule has 4 nitrogen and oxygen atoms in total. The van der Waals surface area contributed by atoms with Gasteiger partial charge in [0.25, 0.3) is 0 Å². The second kappa shape index (κ2) is 3.26. The highest BCUT2D eigenvalue weighted by molar-refractivity contribution is 7.17. The van der Waals surface area contributed by atoms with Crippen molar-refractivity contribution in [2.24, 2.45) is 0 Å². The molecule has 2 rings (SSSR count). The lowest BCUT2D eigenvalue weighted by atomic mass is 10.2. The van der Waals surface area contributed by atoms with Crippen molar-refractivity contribution < 1.29 is 9.66 Å². The molecule has 0 unspecified atom stereocenters. The van der Waals surface area contributed by atoms with Crippen LogP contribution in [-0.2, 0) is 0 Å². The Kier molecular flexibility index (Phi) is 2.09. The van der Waals surface area contributed by atoms with E-state index in [1.807, 2.05) is 11.4 Å². The molecule has 1 aromatic carbocycles. The standard InChI is InChI=1S/C9H7NO3S/c1-13-7-2-3-8-6(4-5-14-8)9(7)10(11)12/h2-5H,1H3. The summed E-state index contributed by atoms with van der Waals surface area (Å²) in [6.45, 7) is 0. The van der Waals surface area contributed by atoms with Gasteiger partial charge >= 0.3 is 5.69 Å². The van der Waals surface area contributed by atoms with Crippen molar-refractivity contribution >= 4 is 27.1 Å². The van der Waals surface area contributed by atoms with E-state index >= 15 is 0 Å². The largest absolute Gasteiger partial charge is 0.490 e. The third-order valence-electron chi connectivity index (χ3n) is 1.97. The Balaban J connectivity index is 2.82. The molecular formula is C9H7NO3S. The summed E-state index contributed by atoms with van der Waals surface area (Å²) in [6.07, 6.45) is 0. The highest BCUT2D eigenvalue weighted by Gasteiger charge is 2.19. The Morgan fingerprint density at radius 2 is 2.21 bits per heavy atom. The molecule has 2 aromatic rings. The molecule has 5 heteroatoms. The number of nitrogens with zero attached hydrogens (tertiary/aromatic N) is 1. The van der Waals surface area contributed by atoms with Gasteiger partial charge < -0.3 is 4.74 Å². The van der Waals surface area contributed by atoms with Gasteiger partial charge in [-0.05, 0) is 23.6 Å². The molecule has 14 heavy (non-hydrogen) atoms. The fraction of sp³-hybridized carbons (Fsp3) is 0.111. The molecule has 0 saturated heterocycles. The second-order valence-electron chi connectivity index (χ2n) is 2.71. The Labute approximate surface area is 83.9 Å². The van der Waals surface area contributed by atoms with Crippen molar-refractivity contribution in [3.63, 3.8) is 0 Å². The SMILES string of the molecule is COc1ccc2sccc2c1[N+](=O)[O-]. The Morgan fingerprint density at radius 1 is 1.43 bits per heavy atom. The molecular weight excluding hydrogens is 202 g/mol. The van der Waals surface area contributed by atoms with Gasteiger partial charge in [-0.1, -0.05) is 0 Å². The Bertz CT molecular complexity index is 492. The van der Waals surface area contributed by atoms with E-state index in [0.29, 0.717) is 11.1 Å². The lowest BCUT2D eigenvalue weighted by Gasteiger charge is -2.01. The number of hydrogen-bond donors (Lipinski definition) is 0. The first kappa shape index (κ1) is 8.96. The smallest absolute Gasteiger partial charge is 0.319 e. The summed E-state index contributed by atoms with van der Waals surface area (Å²) >= 11 is 1.48. The summed E-state index contributed by atoms with van der Waals surface area (Å²) in [7, 11) is 1.43.